The number of aryl methyl sites for hydroxylation is 8. The van der Waals surface area contributed by atoms with Gasteiger partial charge in [-0.05, 0) is 184 Å². The van der Waals surface area contributed by atoms with Crippen LogP contribution in [0.2, 0.25) is 0 Å². The summed E-state index contributed by atoms with van der Waals surface area (Å²) in [5.74, 6) is 8.63. The number of rotatable bonds is 4. The van der Waals surface area contributed by atoms with E-state index < -0.39 is 27.4 Å². The van der Waals surface area contributed by atoms with Crippen LogP contribution in [0.1, 0.15) is 66.1 Å². The SMILES string of the molecule is [2H]C([2H])([2H])C1=c2ccccc2=CB(c2cc(C)c3c(C)cccc3[n+]2C)N1C.[2H]C([2H])([2H])C1=c2ccccc2=CB(c2cc(C)c3ccccc3[n+]2C)N1C.[2H]C([2H])([2H])C1=c2ccccc2=CB(c2ccc3c(C)cccc3[n+]2C)N1C.[2H]C([2H])([2H])C1=c2ccccc2=CB(c2ccc3ccccc3[n+]2C)N1C. The fourth-order valence-electron chi connectivity index (χ4n) is 14.7. The molecule has 4 aliphatic heterocycles. The fraction of sp³-hybridized carbons (Fsp3) is 0.190. The van der Waals surface area contributed by atoms with Crippen LogP contribution in [0.25, 0.3) is 90.3 Å². The lowest BCUT2D eigenvalue weighted by Crippen LogP contribution is -2.62. The second-order valence-corrected chi connectivity index (χ2v) is 25.9. The van der Waals surface area contributed by atoms with Crippen molar-refractivity contribution in [3.8, 4) is 0 Å². The summed E-state index contributed by atoms with van der Waals surface area (Å²) in [7, 11) is 15.7. The second kappa shape index (κ2) is 26.5. The van der Waals surface area contributed by atoms with Crippen LogP contribution >= 0.6 is 0 Å². The van der Waals surface area contributed by atoms with E-state index in [9.17, 15) is 0 Å². The molecule has 0 unspecified atom stereocenters. The summed E-state index contributed by atoms with van der Waals surface area (Å²) < 4.78 is 106. The van der Waals surface area contributed by atoms with E-state index in [0.29, 0.717) is 22.8 Å². The van der Waals surface area contributed by atoms with Crippen molar-refractivity contribution in [3.05, 3.63) is 282 Å². The Balaban J connectivity index is 0.000000127. The Morgan fingerprint density at radius 2 is 0.625 bits per heavy atom. The second-order valence-electron chi connectivity index (χ2n) is 25.9. The number of fused-ring (bicyclic) bond motifs is 8. The van der Waals surface area contributed by atoms with Gasteiger partial charge < -0.3 is 19.2 Å². The summed E-state index contributed by atoms with van der Waals surface area (Å²) in [6.07, 6.45) is 0. The Morgan fingerprint density at radius 1 is 0.292 bits per heavy atom. The van der Waals surface area contributed by atoms with E-state index in [1.807, 2.05) is 190 Å². The maximum Gasteiger partial charge on any atom is 0.396 e. The third-order valence-corrected chi connectivity index (χ3v) is 20.3. The molecule has 0 N–H and O–H groups in total. The molecule has 0 spiro atoms. The van der Waals surface area contributed by atoms with Crippen LogP contribution in [0.15, 0.2) is 218 Å². The largest absolute Gasteiger partial charge is 0.408 e. The van der Waals surface area contributed by atoms with Crippen molar-refractivity contribution in [2.75, 3.05) is 28.2 Å². The molecule has 4 aliphatic rings. The topological polar surface area (TPSA) is 28.5 Å². The van der Waals surface area contributed by atoms with E-state index in [1.54, 1.807) is 0 Å². The predicted molar refractivity (Wildman–Crippen MR) is 409 cm³/mol. The summed E-state index contributed by atoms with van der Waals surface area (Å²) >= 11 is 0. The first-order chi connectivity index (χ1) is 51.1. The Hall–Kier alpha value is -10.2. The molecule has 8 aromatic carbocycles. The lowest BCUT2D eigenvalue weighted by Gasteiger charge is -2.27. The molecule has 0 amide bonds. The van der Waals surface area contributed by atoms with Gasteiger partial charge >= 0.3 is 27.4 Å². The minimum absolute atomic E-state index is 0.144. The van der Waals surface area contributed by atoms with E-state index >= 15 is 0 Å². The first kappa shape index (κ1) is 51.2. The summed E-state index contributed by atoms with van der Waals surface area (Å²) in [5.41, 5.74) is 15.3. The highest BCUT2D eigenvalue weighted by Gasteiger charge is 2.36. The van der Waals surface area contributed by atoms with Gasteiger partial charge in [-0.25, -0.2) is 18.3 Å². The van der Waals surface area contributed by atoms with Gasteiger partial charge in [0.25, 0.3) is 0 Å². The average Bonchev–Trinajstić information content (AvgIpc) is 0.757. The first-order valence-corrected chi connectivity index (χ1v) is 32.9. The van der Waals surface area contributed by atoms with Crippen LogP contribution in [0, 0.1) is 27.7 Å². The predicted octanol–water partition coefficient (Wildman–Crippen LogP) is 5.06. The van der Waals surface area contributed by atoms with Crippen LogP contribution in [0.4, 0.5) is 0 Å². The van der Waals surface area contributed by atoms with Crippen LogP contribution in [0.3, 0.4) is 0 Å². The smallest absolute Gasteiger partial charge is 0.396 e. The Kier molecular flexibility index (Phi) is 14.2. The van der Waals surface area contributed by atoms with Crippen LogP contribution in [-0.2, 0) is 28.2 Å². The maximum atomic E-state index is 8.13. The standard InChI is InChI=1S/C22H24BN2.2C21H22BN2.C20H20BN2/c1-15-9-8-12-20-22(15)16(2)13-21(24(20)4)23-14-18-10-6-7-11-19(18)17(3)25(23)5;1-15-13-21(23(3)20-12-8-7-10-18(15)20)22-14-17-9-5-6-11-19(17)16(2)24(22)4;1-15-8-7-11-20-18(15)12-13-21(23(20)3)22-14-17-9-5-6-10-19(17)16(2)24(22)4;1-15-18-10-6-4-9-17(18)14-21(23(15)3)20-13-12-16-8-5-7-11-19(16)22(20)2/h6-14H,1-5H3;2*5-14H,1-4H3;4-14H,1-3H3/q4*+1/i3D3;2*2D3;1D3. The van der Waals surface area contributed by atoms with Gasteiger partial charge in [0.1, 0.15) is 28.2 Å². The van der Waals surface area contributed by atoms with E-state index in [2.05, 4.69) is 174 Å². The lowest BCUT2D eigenvalue weighted by atomic mass is 9.54. The molecule has 0 bridgehead atoms. The number of benzene rings is 8. The number of hydrogen-bond acceptors (Lipinski definition) is 4. The quantitative estimate of drug-likeness (QED) is 0.182. The van der Waals surface area contributed by atoms with Crippen molar-refractivity contribution in [3.63, 3.8) is 0 Å². The van der Waals surface area contributed by atoms with Crippen molar-refractivity contribution in [2.45, 2.75) is 55.1 Å². The van der Waals surface area contributed by atoms with E-state index in [0.717, 1.165) is 91.6 Å². The monoisotopic (exact) mass is 1260 g/mol. The highest BCUT2D eigenvalue weighted by atomic mass is 15.1. The Bertz CT molecular complexity index is 6150. The average molecular weight is 1270 g/mol. The highest BCUT2D eigenvalue weighted by Crippen LogP contribution is 2.21. The maximum absolute atomic E-state index is 8.13. The summed E-state index contributed by atoms with van der Waals surface area (Å²) in [6, 6.07) is 72.9. The Morgan fingerprint density at radius 3 is 1.10 bits per heavy atom. The third kappa shape index (κ3) is 11.7. The molecular weight excluding hydrogens is 1160 g/mol. The summed E-state index contributed by atoms with van der Waals surface area (Å²) in [6.45, 7) is -0.831. The summed E-state index contributed by atoms with van der Waals surface area (Å²) in [5, 5.41) is 11.9. The van der Waals surface area contributed by atoms with Gasteiger partial charge in [0.05, 0.1) is 5.39 Å². The molecule has 0 atom stereocenters. The van der Waals surface area contributed by atoms with Gasteiger partial charge in [0.2, 0.25) is 22.1 Å². The van der Waals surface area contributed by atoms with Gasteiger partial charge in [-0.3, -0.25) is 0 Å². The van der Waals surface area contributed by atoms with Gasteiger partial charge in [-0.1, -0.05) is 169 Å². The first-order valence-electron chi connectivity index (χ1n) is 38.9. The molecule has 0 saturated heterocycles. The molecule has 16 rings (SSSR count). The molecule has 0 saturated carbocycles. The van der Waals surface area contributed by atoms with Crippen molar-refractivity contribution in [1.82, 2.24) is 19.2 Å². The van der Waals surface area contributed by atoms with Gasteiger partial charge in [-0.15, -0.1) is 0 Å². The number of hydrogen-bond donors (Lipinski definition) is 0. The highest BCUT2D eigenvalue weighted by molar-refractivity contribution is 6.84. The molecule has 472 valence electrons. The molecule has 8 nitrogen and oxygen atoms in total. The fourth-order valence-corrected chi connectivity index (χ4v) is 14.7. The van der Waals surface area contributed by atoms with E-state index in [-0.39, 0.29) is 27.4 Å². The lowest BCUT2D eigenvalue weighted by molar-refractivity contribution is -0.627. The molecule has 0 aliphatic carbocycles. The molecule has 0 radical (unpaired) electrons. The van der Waals surface area contributed by atoms with Crippen molar-refractivity contribution < 1.29 is 34.7 Å². The molecular formula is C84H88B4N8+4. The zero-order valence-electron chi connectivity index (χ0n) is 69.0. The number of pyridine rings is 4. The van der Waals surface area contributed by atoms with Crippen LogP contribution < -0.4 is 82.4 Å². The molecule has 12 aromatic rings. The molecule has 4 aromatic heterocycles. The van der Waals surface area contributed by atoms with Crippen molar-refractivity contribution >= 4 is 140 Å². The minimum atomic E-state index is -2.18. The van der Waals surface area contributed by atoms with Gasteiger partial charge in [0.15, 0.2) is 22.4 Å². The molecule has 12 heteroatoms. The zero-order chi connectivity index (χ0) is 77.4. The van der Waals surface area contributed by atoms with Crippen LogP contribution in [-0.4, -0.2) is 74.8 Å². The van der Waals surface area contributed by atoms with Crippen molar-refractivity contribution in [1.29, 1.82) is 0 Å². The molecule has 8 heterocycles. The van der Waals surface area contributed by atoms with E-state index in [1.165, 1.54) is 38.4 Å². The molecule has 96 heavy (non-hydrogen) atoms. The number of aromatic nitrogens is 4. The van der Waals surface area contributed by atoms with Crippen molar-refractivity contribution in [2.24, 2.45) is 28.2 Å². The van der Waals surface area contributed by atoms with Crippen LogP contribution in [0.5, 0.6) is 0 Å². The normalized spacial score (nSPS) is 16.3. The minimum Gasteiger partial charge on any atom is -0.408 e. The van der Waals surface area contributed by atoms with E-state index in [4.69, 9.17) is 16.4 Å². The third-order valence-electron chi connectivity index (χ3n) is 20.3. The number of nitrogens with zero attached hydrogens (tertiary/aromatic N) is 8. The zero-order valence-corrected chi connectivity index (χ0v) is 57.0. The number of para-hydroxylation sites is 2. The summed E-state index contributed by atoms with van der Waals surface area (Å²) in [4.78, 5) is 7.59. The molecule has 0 fully saturated rings. The Labute approximate surface area is 585 Å². The van der Waals surface area contributed by atoms with Gasteiger partial charge in [0, 0.05) is 91.8 Å². The van der Waals surface area contributed by atoms with Gasteiger partial charge in [-0.2, -0.15) is 0 Å².